The normalized spacial score (nSPS) is 16.9. The molecule has 1 rings (SSSR count). The zero-order valence-corrected chi connectivity index (χ0v) is 10.0. The topological polar surface area (TPSA) is 44.4 Å². The van der Waals surface area contributed by atoms with E-state index in [4.69, 9.17) is 0 Å². The molecule has 1 fully saturated rings. The van der Waals surface area contributed by atoms with Gasteiger partial charge in [-0.3, -0.25) is 9.69 Å². The zero-order valence-electron chi connectivity index (χ0n) is 10.0. The molecule has 0 saturated carbocycles. The fourth-order valence-electron chi connectivity index (χ4n) is 1.71. The molecule has 1 heterocycles. The highest BCUT2D eigenvalue weighted by atomic mass is 16.2. The molecule has 0 radical (unpaired) electrons. The summed E-state index contributed by atoms with van der Waals surface area (Å²) in [5.74, 6) is 0.151. The fraction of sp³-hybridized carbons (Fsp3) is 0.909. The number of likely N-dealkylation sites (N-methyl/N-ethyl adjacent to an activating group) is 1. The second-order valence-corrected chi connectivity index (χ2v) is 4.31. The monoisotopic (exact) mass is 213 g/mol. The first-order valence-electron chi connectivity index (χ1n) is 5.87. The Kier molecular flexibility index (Phi) is 5.05. The maximum Gasteiger partial charge on any atom is 0.234 e. The lowest BCUT2D eigenvalue weighted by molar-refractivity contribution is -0.123. The molecule has 1 saturated heterocycles. The Labute approximate surface area is 92.4 Å². The molecule has 0 aliphatic carbocycles. The average molecular weight is 213 g/mol. The molecule has 0 aromatic rings. The van der Waals surface area contributed by atoms with Gasteiger partial charge in [-0.2, -0.15) is 0 Å². The standard InChI is InChI=1S/C11H23N3O/c1-4-9(5-2)13-11(15)8-14(3)10-6-12-7-10/h9-10,12H,4-8H2,1-3H3,(H,13,15). The van der Waals surface area contributed by atoms with E-state index in [0.717, 1.165) is 25.9 Å². The number of carbonyl (C=O) groups is 1. The Morgan fingerprint density at radius 3 is 2.47 bits per heavy atom. The smallest absolute Gasteiger partial charge is 0.234 e. The van der Waals surface area contributed by atoms with E-state index in [-0.39, 0.29) is 5.91 Å². The van der Waals surface area contributed by atoms with Crippen molar-refractivity contribution in [2.75, 3.05) is 26.7 Å². The van der Waals surface area contributed by atoms with Crippen molar-refractivity contribution in [1.82, 2.24) is 15.5 Å². The van der Waals surface area contributed by atoms with E-state index in [2.05, 4.69) is 29.4 Å². The van der Waals surface area contributed by atoms with Gasteiger partial charge in [0.1, 0.15) is 0 Å². The average Bonchev–Trinajstić information content (AvgIpc) is 2.11. The summed E-state index contributed by atoms with van der Waals surface area (Å²) in [6, 6.07) is 0.878. The lowest BCUT2D eigenvalue weighted by Gasteiger charge is -2.35. The number of nitrogens with one attached hydrogen (secondary N) is 2. The van der Waals surface area contributed by atoms with Crippen LogP contribution in [0, 0.1) is 0 Å². The highest BCUT2D eigenvalue weighted by Crippen LogP contribution is 2.02. The summed E-state index contributed by atoms with van der Waals surface area (Å²) in [5.41, 5.74) is 0. The predicted molar refractivity (Wildman–Crippen MR) is 61.8 cm³/mol. The van der Waals surface area contributed by atoms with Gasteiger partial charge in [-0.1, -0.05) is 13.8 Å². The van der Waals surface area contributed by atoms with Crippen LogP contribution in [0.1, 0.15) is 26.7 Å². The van der Waals surface area contributed by atoms with E-state index in [1.54, 1.807) is 0 Å². The summed E-state index contributed by atoms with van der Waals surface area (Å²) in [7, 11) is 2.01. The van der Waals surface area contributed by atoms with Crippen molar-refractivity contribution in [3.63, 3.8) is 0 Å². The summed E-state index contributed by atoms with van der Waals surface area (Å²) in [5, 5.41) is 6.25. The van der Waals surface area contributed by atoms with Gasteiger partial charge in [-0.25, -0.2) is 0 Å². The van der Waals surface area contributed by atoms with Crippen LogP contribution in [0.4, 0.5) is 0 Å². The number of amides is 1. The fourth-order valence-corrected chi connectivity index (χ4v) is 1.71. The third-order valence-corrected chi connectivity index (χ3v) is 3.13. The SMILES string of the molecule is CCC(CC)NC(=O)CN(C)C1CNC1. The molecule has 1 amide bonds. The summed E-state index contributed by atoms with van der Waals surface area (Å²) < 4.78 is 0. The Balaban J connectivity index is 2.21. The predicted octanol–water partition coefficient (Wildman–Crippen LogP) is 0.195. The molecule has 0 aromatic carbocycles. The van der Waals surface area contributed by atoms with E-state index >= 15 is 0 Å². The van der Waals surface area contributed by atoms with Crippen molar-refractivity contribution < 1.29 is 4.79 Å². The summed E-state index contributed by atoms with van der Waals surface area (Å²) in [6.45, 7) is 6.74. The lowest BCUT2D eigenvalue weighted by atomic mass is 10.1. The molecule has 0 aromatic heterocycles. The molecule has 0 unspecified atom stereocenters. The minimum atomic E-state index is 0.151. The van der Waals surface area contributed by atoms with Crippen LogP contribution in [0.25, 0.3) is 0 Å². The van der Waals surface area contributed by atoms with Crippen molar-refractivity contribution in [3.05, 3.63) is 0 Å². The molecule has 1 aliphatic rings. The quantitative estimate of drug-likeness (QED) is 0.662. The second-order valence-electron chi connectivity index (χ2n) is 4.31. The Bertz CT molecular complexity index is 200. The van der Waals surface area contributed by atoms with Crippen molar-refractivity contribution in [1.29, 1.82) is 0 Å². The number of hydrogen-bond donors (Lipinski definition) is 2. The molecule has 88 valence electrons. The molecule has 4 nitrogen and oxygen atoms in total. The molecule has 2 N–H and O–H groups in total. The maximum atomic E-state index is 11.7. The van der Waals surface area contributed by atoms with Gasteiger partial charge in [0.15, 0.2) is 0 Å². The minimum Gasteiger partial charge on any atom is -0.352 e. The van der Waals surface area contributed by atoms with Crippen LogP contribution in [-0.2, 0) is 4.79 Å². The lowest BCUT2D eigenvalue weighted by Crippen LogP contribution is -2.57. The molecule has 15 heavy (non-hydrogen) atoms. The van der Waals surface area contributed by atoms with Crippen LogP contribution in [0.5, 0.6) is 0 Å². The number of nitrogens with zero attached hydrogens (tertiary/aromatic N) is 1. The van der Waals surface area contributed by atoms with Gasteiger partial charge < -0.3 is 10.6 Å². The number of carbonyl (C=O) groups excluding carboxylic acids is 1. The first-order valence-corrected chi connectivity index (χ1v) is 5.87. The molecule has 4 heteroatoms. The summed E-state index contributed by atoms with van der Waals surface area (Å²) >= 11 is 0. The van der Waals surface area contributed by atoms with Gasteiger partial charge in [0, 0.05) is 25.2 Å². The third-order valence-electron chi connectivity index (χ3n) is 3.13. The van der Waals surface area contributed by atoms with Gasteiger partial charge in [-0.15, -0.1) is 0 Å². The molecular weight excluding hydrogens is 190 g/mol. The zero-order chi connectivity index (χ0) is 11.3. The van der Waals surface area contributed by atoms with Crippen LogP contribution in [-0.4, -0.2) is 49.6 Å². The van der Waals surface area contributed by atoms with E-state index < -0.39 is 0 Å². The molecule has 0 bridgehead atoms. The highest BCUT2D eigenvalue weighted by molar-refractivity contribution is 5.78. The highest BCUT2D eigenvalue weighted by Gasteiger charge is 2.23. The van der Waals surface area contributed by atoms with E-state index in [0.29, 0.717) is 18.6 Å². The Morgan fingerprint density at radius 1 is 1.47 bits per heavy atom. The van der Waals surface area contributed by atoms with Crippen LogP contribution < -0.4 is 10.6 Å². The van der Waals surface area contributed by atoms with Gasteiger partial charge in [0.25, 0.3) is 0 Å². The Hall–Kier alpha value is -0.610. The summed E-state index contributed by atoms with van der Waals surface area (Å²) in [6.07, 6.45) is 2.02. The van der Waals surface area contributed by atoms with Crippen LogP contribution in [0.3, 0.4) is 0 Å². The number of rotatable bonds is 6. The first-order chi connectivity index (χ1) is 7.17. The van der Waals surface area contributed by atoms with Crippen molar-refractivity contribution >= 4 is 5.91 Å². The van der Waals surface area contributed by atoms with Gasteiger partial charge in [0.05, 0.1) is 6.54 Å². The number of hydrogen-bond acceptors (Lipinski definition) is 3. The summed E-state index contributed by atoms with van der Waals surface area (Å²) in [4.78, 5) is 13.8. The second kappa shape index (κ2) is 6.08. The van der Waals surface area contributed by atoms with E-state index in [9.17, 15) is 4.79 Å². The van der Waals surface area contributed by atoms with E-state index in [1.807, 2.05) is 7.05 Å². The minimum absolute atomic E-state index is 0.151. The molecule has 1 aliphatic heterocycles. The van der Waals surface area contributed by atoms with Crippen LogP contribution >= 0.6 is 0 Å². The molecule has 0 atom stereocenters. The van der Waals surface area contributed by atoms with Crippen molar-refractivity contribution in [3.8, 4) is 0 Å². The van der Waals surface area contributed by atoms with Crippen LogP contribution in [0.2, 0.25) is 0 Å². The van der Waals surface area contributed by atoms with Crippen molar-refractivity contribution in [2.45, 2.75) is 38.8 Å². The molecular formula is C11H23N3O. The van der Waals surface area contributed by atoms with Gasteiger partial charge in [0.2, 0.25) is 5.91 Å². The Morgan fingerprint density at radius 2 is 2.07 bits per heavy atom. The first kappa shape index (κ1) is 12.5. The van der Waals surface area contributed by atoms with Gasteiger partial charge in [-0.05, 0) is 19.9 Å². The molecule has 0 spiro atoms. The largest absolute Gasteiger partial charge is 0.352 e. The maximum absolute atomic E-state index is 11.7. The van der Waals surface area contributed by atoms with Crippen molar-refractivity contribution in [2.24, 2.45) is 0 Å². The van der Waals surface area contributed by atoms with E-state index in [1.165, 1.54) is 0 Å². The van der Waals surface area contributed by atoms with Crippen LogP contribution in [0.15, 0.2) is 0 Å². The van der Waals surface area contributed by atoms with Gasteiger partial charge >= 0.3 is 0 Å². The third kappa shape index (κ3) is 3.80.